The van der Waals surface area contributed by atoms with E-state index in [0.29, 0.717) is 0 Å². The molecule has 1 atom stereocenters. The Kier molecular flexibility index (Phi) is 3.84. The molecule has 0 saturated heterocycles. The second kappa shape index (κ2) is 5.17. The molecule has 2 nitrogen and oxygen atoms in total. The minimum absolute atomic E-state index is 0.138. The van der Waals surface area contributed by atoms with E-state index in [1.165, 1.54) is 10.4 Å². The van der Waals surface area contributed by atoms with E-state index in [0.717, 1.165) is 16.7 Å². The van der Waals surface area contributed by atoms with Crippen LogP contribution in [0.3, 0.4) is 0 Å². The number of aryl methyl sites for hydroxylation is 1. The lowest BCUT2D eigenvalue weighted by Crippen LogP contribution is -2.17. The maximum absolute atomic E-state index is 5.54. The SMILES string of the molecule is CCc1ccsc1C(NC)c1occc1Br. The van der Waals surface area contributed by atoms with Gasteiger partial charge in [0.05, 0.1) is 10.7 Å². The lowest BCUT2D eigenvalue weighted by atomic mass is 10.1. The van der Waals surface area contributed by atoms with Crippen LogP contribution in [0.2, 0.25) is 0 Å². The maximum atomic E-state index is 5.54. The van der Waals surface area contributed by atoms with Gasteiger partial charge in [-0.15, -0.1) is 11.3 Å². The molecule has 2 rings (SSSR count). The van der Waals surface area contributed by atoms with E-state index in [1.54, 1.807) is 17.6 Å². The second-order valence-corrected chi connectivity index (χ2v) is 5.32. The average molecular weight is 300 g/mol. The minimum Gasteiger partial charge on any atom is -0.466 e. The molecule has 0 amide bonds. The summed E-state index contributed by atoms with van der Waals surface area (Å²) in [5.74, 6) is 0.944. The molecule has 0 spiro atoms. The zero-order valence-electron chi connectivity index (χ0n) is 9.29. The van der Waals surface area contributed by atoms with Gasteiger partial charge in [0.25, 0.3) is 0 Å². The summed E-state index contributed by atoms with van der Waals surface area (Å²) >= 11 is 5.28. The largest absolute Gasteiger partial charge is 0.466 e. The van der Waals surface area contributed by atoms with Crippen molar-refractivity contribution in [3.8, 4) is 0 Å². The van der Waals surface area contributed by atoms with Crippen LogP contribution in [0, 0.1) is 0 Å². The molecule has 1 unspecified atom stereocenters. The molecule has 0 aliphatic rings. The first kappa shape index (κ1) is 11.9. The van der Waals surface area contributed by atoms with Crippen molar-refractivity contribution in [2.45, 2.75) is 19.4 Å². The van der Waals surface area contributed by atoms with E-state index >= 15 is 0 Å². The van der Waals surface area contributed by atoms with Crippen molar-refractivity contribution < 1.29 is 4.42 Å². The van der Waals surface area contributed by atoms with Crippen molar-refractivity contribution in [1.29, 1.82) is 0 Å². The summed E-state index contributed by atoms with van der Waals surface area (Å²) in [6.45, 7) is 2.18. The van der Waals surface area contributed by atoms with Crippen LogP contribution in [0.4, 0.5) is 0 Å². The number of hydrogen-bond acceptors (Lipinski definition) is 3. The fourth-order valence-corrected chi connectivity index (χ4v) is 3.32. The highest BCUT2D eigenvalue weighted by molar-refractivity contribution is 9.10. The highest BCUT2D eigenvalue weighted by Crippen LogP contribution is 2.34. The molecule has 1 N–H and O–H groups in total. The molecule has 16 heavy (non-hydrogen) atoms. The van der Waals surface area contributed by atoms with Crippen molar-refractivity contribution >= 4 is 27.3 Å². The second-order valence-electron chi connectivity index (χ2n) is 3.52. The highest BCUT2D eigenvalue weighted by atomic mass is 79.9. The summed E-state index contributed by atoms with van der Waals surface area (Å²) in [5, 5.41) is 5.44. The first-order chi connectivity index (χ1) is 7.77. The fraction of sp³-hybridized carbons (Fsp3) is 0.333. The van der Waals surface area contributed by atoms with Gasteiger partial charge in [0.2, 0.25) is 0 Å². The van der Waals surface area contributed by atoms with E-state index in [2.05, 4.69) is 39.6 Å². The Morgan fingerprint density at radius 3 is 2.88 bits per heavy atom. The zero-order chi connectivity index (χ0) is 11.5. The Bertz CT molecular complexity index is 463. The number of thiophene rings is 1. The summed E-state index contributed by atoms with van der Waals surface area (Å²) in [6.07, 6.45) is 2.76. The van der Waals surface area contributed by atoms with E-state index in [1.807, 2.05) is 13.1 Å². The molecule has 2 heterocycles. The zero-order valence-corrected chi connectivity index (χ0v) is 11.7. The molecule has 0 bridgehead atoms. The molecule has 0 saturated carbocycles. The summed E-state index contributed by atoms with van der Waals surface area (Å²) in [5.41, 5.74) is 1.38. The summed E-state index contributed by atoms with van der Waals surface area (Å²) < 4.78 is 6.55. The van der Waals surface area contributed by atoms with Crippen LogP contribution >= 0.6 is 27.3 Å². The van der Waals surface area contributed by atoms with Crippen LogP contribution in [0.15, 0.2) is 32.7 Å². The summed E-state index contributed by atoms with van der Waals surface area (Å²) in [4.78, 5) is 1.33. The fourth-order valence-electron chi connectivity index (χ4n) is 1.79. The third kappa shape index (κ3) is 2.10. The number of halogens is 1. The third-order valence-corrected chi connectivity index (χ3v) is 4.30. The third-order valence-electron chi connectivity index (χ3n) is 2.62. The number of rotatable bonds is 4. The Balaban J connectivity index is 2.40. The molecule has 4 heteroatoms. The number of hydrogen-bond donors (Lipinski definition) is 1. The molecule has 0 aromatic carbocycles. The molecule has 0 aliphatic heterocycles. The van der Waals surface area contributed by atoms with Crippen LogP contribution in [-0.4, -0.2) is 7.05 Å². The van der Waals surface area contributed by atoms with Crippen molar-refractivity contribution in [3.05, 3.63) is 44.4 Å². The quantitative estimate of drug-likeness (QED) is 0.924. The van der Waals surface area contributed by atoms with Gasteiger partial charge in [-0.3, -0.25) is 0 Å². The van der Waals surface area contributed by atoms with Gasteiger partial charge in [-0.25, -0.2) is 0 Å². The van der Waals surface area contributed by atoms with E-state index in [-0.39, 0.29) is 6.04 Å². The van der Waals surface area contributed by atoms with E-state index in [4.69, 9.17) is 4.42 Å². The van der Waals surface area contributed by atoms with Crippen molar-refractivity contribution in [3.63, 3.8) is 0 Å². The highest BCUT2D eigenvalue weighted by Gasteiger charge is 2.21. The normalized spacial score (nSPS) is 12.9. The van der Waals surface area contributed by atoms with Gasteiger partial charge in [0.15, 0.2) is 0 Å². The molecular weight excluding hydrogens is 286 g/mol. The molecule has 2 aromatic heterocycles. The van der Waals surface area contributed by atoms with Crippen LogP contribution in [-0.2, 0) is 6.42 Å². The van der Waals surface area contributed by atoms with Gasteiger partial charge in [-0.1, -0.05) is 6.92 Å². The minimum atomic E-state index is 0.138. The molecule has 86 valence electrons. The summed E-state index contributed by atoms with van der Waals surface area (Å²) in [7, 11) is 1.96. The number of furan rings is 1. The lowest BCUT2D eigenvalue weighted by molar-refractivity contribution is 0.463. The van der Waals surface area contributed by atoms with Crippen molar-refractivity contribution in [2.24, 2.45) is 0 Å². The maximum Gasteiger partial charge on any atom is 0.140 e. The van der Waals surface area contributed by atoms with Gasteiger partial charge in [0.1, 0.15) is 11.8 Å². The van der Waals surface area contributed by atoms with Crippen LogP contribution in [0.1, 0.15) is 29.2 Å². The predicted molar refractivity (Wildman–Crippen MR) is 71.0 cm³/mol. The summed E-state index contributed by atoms with van der Waals surface area (Å²) in [6, 6.07) is 4.25. The van der Waals surface area contributed by atoms with Gasteiger partial charge in [0, 0.05) is 4.88 Å². The van der Waals surface area contributed by atoms with Gasteiger partial charge in [-0.05, 0) is 52.5 Å². The van der Waals surface area contributed by atoms with Crippen molar-refractivity contribution in [1.82, 2.24) is 5.32 Å². The molecule has 0 aliphatic carbocycles. The van der Waals surface area contributed by atoms with Gasteiger partial charge in [-0.2, -0.15) is 0 Å². The van der Waals surface area contributed by atoms with Crippen LogP contribution in [0.5, 0.6) is 0 Å². The Morgan fingerprint density at radius 1 is 1.50 bits per heavy atom. The molecule has 2 aromatic rings. The molecule has 0 radical (unpaired) electrons. The molecule has 0 fully saturated rings. The molecular formula is C12H14BrNOS. The van der Waals surface area contributed by atoms with E-state index < -0.39 is 0 Å². The van der Waals surface area contributed by atoms with Gasteiger partial charge < -0.3 is 9.73 Å². The van der Waals surface area contributed by atoms with Gasteiger partial charge >= 0.3 is 0 Å². The monoisotopic (exact) mass is 299 g/mol. The van der Waals surface area contributed by atoms with E-state index in [9.17, 15) is 0 Å². The first-order valence-electron chi connectivity index (χ1n) is 5.24. The average Bonchev–Trinajstić information content (AvgIpc) is 2.90. The Hall–Kier alpha value is -0.580. The predicted octanol–water partition coefficient (Wildman–Crippen LogP) is 3.97. The van der Waals surface area contributed by atoms with Crippen molar-refractivity contribution in [2.75, 3.05) is 7.05 Å². The van der Waals surface area contributed by atoms with Crippen LogP contribution in [0.25, 0.3) is 0 Å². The smallest absolute Gasteiger partial charge is 0.140 e. The number of nitrogens with one attached hydrogen (secondary N) is 1. The lowest BCUT2D eigenvalue weighted by Gasteiger charge is -2.14. The van der Waals surface area contributed by atoms with Crippen LogP contribution < -0.4 is 5.32 Å². The Morgan fingerprint density at radius 2 is 2.31 bits per heavy atom. The topological polar surface area (TPSA) is 25.2 Å². The standard InChI is InChI=1S/C12H14BrNOS/c1-3-8-5-7-16-12(8)10(14-2)11-9(13)4-6-15-11/h4-7,10,14H,3H2,1-2H3. The Labute approximate surface area is 108 Å². The first-order valence-corrected chi connectivity index (χ1v) is 6.91.